The molecule has 3 rings (SSSR count). The van der Waals surface area contributed by atoms with E-state index in [1.54, 1.807) is 6.07 Å². The highest BCUT2D eigenvalue weighted by atomic mass is 16.5. The van der Waals surface area contributed by atoms with Crippen molar-refractivity contribution in [2.75, 3.05) is 13.7 Å². The summed E-state index contributed by atoms with van der Waals surface area (Å²) in [6, 6.07) is 5.72. The molecule has 0 aliphatic carbocycles. The van der Waals surface area contributed by atoms with Crippen LogP contribution in [0.2, 0.25) is 0 Å². The summed E-state index contributed by atoms with van der Waals surface area (Å²) in [6.07, 6.45) is 6.41. The third-order valence-corrected chi connectivity index (χ3v) is 5.64. The fourth-order valence-electron chi connectivity index (χ4n) is 3.87. The molecule has 2 aromatic rings. The zero-order valence-corrected chi connectivity index (χ0v) is 18.9. The van der Waals surface area contributed by atoms with Gasteiger partial charge in [-0.2, -0.15) is 0 Å². The Balaban J connectivity index is 1.92. The summed E-state index contributed by atoms with van der Waals surface area (Å²) >= 11 is 0. The Hall–Kier alpha value is -3.41. The number of hydrogen-bond acceptors (Lipinski definition) is 6. The summed E-state index contributed by atoms with van der Waals surface area (Å²) < 4.78 is 11.2. The Kier molecular flexibility index (Phi) is 7.13. The highest BCUT2D eigenvalue weighted by Crippen LogP contribution is 2.45. The van der Waals surface area contributed by atoms with Crippen molar-refractivity contribution < 1.29 is 29.6 Å². The summed E-state index contributed by atoms with van der Waals surface area (Å²) in [6.45, 7) is 6.19. The van der Waals surface area contributed by atoms with Crippen molar-refractivity contribution in [2.45, 2.75) is 46.0 Å². The number of allylic oxidation sites excluding steroid dienone is 4. The van der Waals surface area contributed by atoms with Crippen LogP contribution in [0.5, 0.6) is 28.7 Å². The molecule has 0 radical (unpaired) electrons. The molecule has 2 aromatic carbocycles. The van der Waals surface area contributed by atoms with Gasteiger partial charge < -0.3 is 24.8 Å². The minimum atomic E-state index is -0.706. The van der Waals surface area contributed by atoms with Gasteiger partial charge in [0, 0.05) is 23.3 Å². The average Bonchev–Trinajstić information content (AvgIpc) is 2.73. The van der Waals surface area contributed by atoms with Gasteiger partial charge >= 0.3 is 0 Å². The fraction of sp³-hybridized carbons (Fsp3) is 0.346. The third-order valence-electron chi connectivity index (χ3n) is 5.64. The molecular formula is C26H30O6. The van der Waals surface area contributed by atoms with Gasteiger partial charge in [-0.15, -0.1) is 0 Å². The van der Waals surface area contributed by atoms with Gasteiger partial charge in [0.2, 0.25) is 0 Å². The monoisotopic (exact) mass is 438 g/mol. The zero-order valence-electron chi connectivity index (χ0n) is 18.9. The van der Waals surface area contributed by atoms with Gasteiger partial charge in [-0.25, -0.2) is 0 Å². The number of carbonyl (C=O) groups is 1. The average molecular weight is 439 g/mol. The van der Waals surface area contributed by atoms with Crippen molar-refractivity contribution >= 4 is 5.78 Å². The van der Waals surface area contributed by atoms with Gasteiger partial charge in [-0.3, -0.25) is 4.79 Å². The van der Waals surface area contributed by atoms with Crippen molar-refractivity contribution in [3.05, 3.63) is 64.3 Å². The number of phenols is 3. The normalized spacial score (nSPS) is 15.7. The summed E-state index contributed by atoms with van der Waals surface area (Å²) in [7, 11) is 1.46. The molecule has 6 heteroatoms. The largest absolute Gasteiger partial charge is 0.508 e. The number of ether oxygens (including phenoxy) is 2. The van der Waals surface area contributed by atoms with E-state index in [0.717, 1.165) is 18.4 Å². The van der Waals surface area contributed by atoms with Crippen LogP contribution in [0.3, 0.4) is 0 Å². The first-order valence-corrected chi connectivity index (χ1v) is 10.6. The summed E-state index contributed by atoms with van der Waals surface area (Å²) in [5.41, 5.74) is 3.53. The molecule has 1 aliphatic rings. The molecule has 1 aliphatic heterocycles. The summed E-state index contributed by atoms with van der Waals surface area (Å²) in [5, 5.41) is 30.6. The molecular weight excluding hydrogens is 408 g/mol. The van der Waals surface area contributed by atoms with E-state index in [9.17, 15) is 20.1 Å². The second-order valence-electron chi connectivity index (χ2n) is 8.33. The first kappa shape index (κ1) is 23.3. The van der Waals surface area contributed by atoms with Crippen LogP contribution in [-0.4, -0.2) is 34.8 Å². The van der Waals surface area contributed by atoms with Crippen LogP contribution in [0.15, 0.2) is 47.6 Å². The van der Waals surface area contributed by atoms with Crippen molar-refractivity contribution in [1.82, 2.24) is 0 Å². The van der Waals surface area contributed by atoms with E-state index < -0.39 is 5.92 Å². The van der Waals surface area contributed by atoms with E-state index in [-0.39, 0.29) is 41.0 Å². The Labute approximate surface area is 188 Å². The molecule has 0 bridgehead atoms. The van der Waals surface area contributed by atoms with Crippen molar-refractivity contribution in [1.29, 1.82) is 0 Å². The topological polar surface area (TPSA) is 96.2 Å². The zero-order chi connectivity index (χ0) is 23.4. The molecule has 1 atom stereocenters. The molecule has 0 fully saturated rings. The number of ketones is 1. The molecule has 0 saturated heterocycles. The van der Waals surface area contributed by atoms with Gasteiger partial charge in [-0.1, -0.05) is 29.4 Å². The predicted molar refractivity (Wildman–Crippen MR) is 123 cm³/mol. The van der Waals surface area contributed by atoms with Crippen LogP contribution in [0, 0.1) is 0 Å². The fourth-order valence-corrected chi connectivity index (χ4v) is 3.87. The minimum absolute atomic E-state index is 0.0250. The van der Waals surface area contributed by atoms with E-state index in [0.29, 0.717) is 23.3 Å². The molecule has 6 nitrogen and oxygen atoms in total. The lowest BCUT2D eigenvalue weighted by atomic mass is 9.86. The number of methoxy groups -OCH3 is 1. The number of fused-ring (bicyclic) bond motifs is 1. The van der Waals surface area contributed by atoms with E-state index >= 15 is 0 Å². The first-order chi connectivity index (χ1) is 15.2. The number of aromatic hydroxyl groups is 3. The molecule has 170 valence electrons. The quantitative estimate of drug-likeness (QED) is 0.501. The predicted octanol–water partition coefficient (Wildman–Crippen LogP) is 5.41. The maximum atomic E-state index is 13.3. The first-order valence-electron chi connectivity index (χ1n) is 10.6. The number of benzene rings is 2. The number of hydrogen-bond donors (Lipinski definition) is 3. The van der Waals surface area contributed by atoms with Gasteiger partial charge in [0.25, 0.3) is 0 Å². The maximum absolute atomic E-state index is 13.3. The minimum Gasteiger partial charge on any atom is -0.508 e. The van der Waals surface area contributed by atoms with Gasteiger partial charge in [-0.05, 0) is 46.1 Å². The standard InChI is InChI=1S/C26H30O6/c1-15(2)6-5-7-16(3)8-10-19-21(28)13-22(29)24-25(30)20(14-32-26(19)24)18-11-9-17(27)12-23(18)31-4/h6,8-9,11-13,20,27-29H,5,7,10,14H2,1-4H3/b16-8+. The van der Waals surface area contributed by atoms with Gasteiger partial charge in [0.1, 0.15) is 40.9 Å². The SMILES string of the molecule is COc1cc(O)ccc1C1COc2c(C/C=C(\C)CCC=C(C)C)c(O)cc(O)c2C1=O. The Morgan fingerprint density at radius 2 is 1.88 bits per heavy atom. The van der Waals surface area contributed by atoms with Crippen LogP contribution >= 0.6 is 0 Å². The van der Waals surface area contributed by atoms with Gasteiger partial charge in [0.05, 0.1) is 13.0 Å². The molecule has 0 amide bonds. The van der Waals surface area contributed by atoms with E-state index in [1.807, 2.05) is 13.0 Å². The third kappa shape index (κ3) is 4.90. The van der Waals surface area contributed by atoms with Crippen molar-refractivity contribution in [3.63, 3.8) is 0 Å². The molecule has 1 unspecified atom stereocenters. The highest BCUT2D eigenvalue weighted by Gasteiger charge is 2.36. The highest BCUT2D eigenvalue weighted by molar-refractivity contribution is 6.07. The summed E-state index contributed by atoms with van der Waals surface area (Å²) in [5.74, 6) is -0.849. The Bertz CT molecular complexity index is 1080. The second-order valence-corrected chi connectivity index (χ2v) is 8.33. The van der Waals surface area contributed by atoms with Crippen LogP contribution in [-0.2, 0) is 6.42 Å². The van der Waals surface area contributed by atoms with E-state index in [4.69, 9.17) is 9.47 Å². The van der Waals surface area contributed by atoms with E-state index in [1.165, 1.54) is 30.9 Å². The Morgan fingerprint density at radius 1 is 1.12 bits per heavy atom. The number of rotatable bonds is 7. The van der Waals surface area contributed by atoms with Crippen LogP contribution in [0.25, 0.3) is 0 Å². The molecule has 0 saturated carbocycles. The van der Waals surface area contributed by atoms with E-state index in [2.05, 4.69) is 19.9 Å². The number of carbonyl (C=O) groups excluding carboxylic acids is 1. The molecule has 1 heterocycles. The molecule has 32 heavy (non-hydrogen) atoms. The van der Waals surface area contributed by atoms with Crippen molar-refractivity contribution in [2.24, 2.45) is 0 Å². The van der Waals surface area contributed by atoms with Gasteiger partial charge in [0.15, 0.2) is 5.78 Å². The van der Waals surface area contributed by atoms with Crippen LogP contribution in [0.4, 0.5) is 0 Å². The van der Waals surface area contributed by atoms with Crippen molar-refractivity contribution in [3.8, 4) is 28.7 Å². The lowest BCUT2D eigenvalue weighted by molar-refractivity contribution is 0.0888. The van der Waals surface area contributed by atoms with Crippen LogP contribution < -0.4 is 9.47 Å². The summed E-state index contributed by atoms with van der Waals surface area (Å²) in [4.78, 5) is 13.3. The lowest BCUT2D eigenvalue weighted by Crippen LogP contribution is -2.27. The maximum Gasteiger partial charge on any atom is 0.181 e. The second kappa shape index (κ2) is 9.81. The number of Topliss-reactive ketones (excluding diaryl/α,β-unsaturated/α-hetero) is 1. The molecule has 0 spiro atoms. The Morgan fingerprint density at radius 3 is 2.56 bits per heavy atom. The molecule has 0 aromatic heterocycles. The number of phenolic OH excluding ortho intramolecular Hbond substituents is 3. The smallest absolute Gasteiger partial charge is 0.181 e. The molecule has 3 N–H and O–H groups in total. The van der Waals surface area contributed by atoms with Crippen LogP contribution in [0.1, 0.15) is 61.0 Å². The lowest BCUT2D eigenvalue weighted by Gasteiger charge is -2.28.